The van der Waals surface area contributed by atoms with Crippen LogP contribution in [0, 0.1) is 11.6 Å². The lowest BCUT2D eigenvalue weighted by molar-refractivity contribution is 0.191. The summed E-state index contributed by atoms with van der Waals surface area (Å²) in [7, 11) is 0. The van der Waals surface area contributed by atoms with Crippen molar-refractivity contribution in [3.05, 3.63) is 64.2 Å². The van der Waals surface area contributed by atoms with Crippen molar-refractivity contribution in [2.45, 2.75) is 6.42 Å². The van der Waals surface area contributed by atoms with E-state index in [0.717, 1.165) is 11.6 Å². The normalized spacial score (nSPS) is 10.4. The Morgan fingerprint density at radius 3 is 2.43 bits per heavy atom. The Kier molecular flexibility index (Phi) is 5.76. The monoisotopic (exact) mass is 341 g/mol. The molecule has 2 aromatic rings. The molecule has 0 aliphatic heterocycles. The van der Waals surface area contributed by atoms with E-state index in [2.05, 4.69) is 5.32 Å². The lowest BCUT2D eigenvalue weighted by atomic mass is 10.0. The molecule has 1 amide bonds. The number of halogens is 3. The van der Waals surface area contributed by atoms with Crippen molar-refractivity contribution in [1.82, 2.24) is 5.32 Å². The van der Waals surface area contributed by atoms with Gasteiger partial charge in [-0.05, 0) is 41.8 Å². The minimum atomic E-state index is -1.13. The van der Waals surface area contributed by atoms with E-state index < -0.39 is 17.7 Å². The molecule has 0 fully saturated rings. The SMILES string of the molecule is O=C(O)NCCOc1ccc(Cc2cc(F)cc(F)c2)cc1Cl. The van der Waals surface area contributed by atoms with Crippen LogP contribution in [0.1, 0.15) is 11.1 Å². The minimum Gasteiger partial charge on any atom is -0.490 e. The molecule has 23 heavy (non-hydrogen) atoms. The average Bonchev–Trinajstić information content (AvgIpc) is 2.44. The summed E-state index contributed by atoms with van der Waals surface area (Å²) in [6.07, 6.45) is -0.799. The highest BCUT2D eigenvalue weighted by molar-refractivity contribution is 6.32. The molecule has 4 nitrogen and oxygen atoms in total. The molecule has 0 aliphatic rings. The third-order valence-electron chi connectivity index (χ3n) is 2.96. The quantitative estimate of drug-likeness (QED) is 0.784. The number of carbonyl (C=O) groups is 1. The maximum absolute atomic E-state index is 13.2. The number of hydrogen-bond donors (Lipinski definition) is 2. The number of ether oxygens (including phenoxy) is 1. The Morgan fingerprint density at radius 2 is 1.83 bits per heavy atom. The van der Waals surface area contributed by atoms with Gasteiger partial charge in [0.15, 0.2) is 0 Å². The van der Waals surface area contributed by atoms with Gasteiger partial charge in [0.2, 0.25) is 0 Å². The molecule has 2 rings (SSSR count). The van der Waals surface area contributed by atoms with Crippen LogP contribution in [0.4, 0.5) is 13.6 Å². The summed E-state index contributed by atoms with van der Waals surface area (Å²) in [4.78, 5) is 10.3. The number of rotatable bonds is 6. The van der Waals surface area contributed by atoms with Crippen LogP contribution in [0.2, 0.25) is 5.02 Å². The van der Waals surface area contributed by atoms with Crippen LogP contribution >= 0.6 is 11.6 Å². The molecule has 0 unspecified atom stereocenters. The van der Waals surface area contributed by atoms with Crippen LogP contribution in [0.5, 0.6) is 5.75 Å². The zero-order chi connectivity index (χ0) is 16.8. The highest BCUT2D eigenvalue weighted by atomic mass is 35.5. The van der Waals surface area contributed by atoms with Crippen LogP contribution in [0.3, 0.4) is 0 Å². The lowest BCUT2D eigenvalue weighted by Crippen LogP contribution is -2.26. The Bertz CT molecular complexity index is 689. The van der Waals surface area contributed by atoms with E-state index in [1.54, 1.807) is 18.2 Å². The van der Waals surface area contributed by atoms with E-state index in [1.165, 1.54) is 12.1 Å². The second kappa shape index (κ2) is 7.78. The average molecular weight is 342 g/mol. The first kappa shape index (κ1) is 17.0. The van der Waals surface area contributed by atoms with Gasteiger partial charge in [0.25, 0.3) is 0 Å². The van der Waals surface area contributed by atoms with E-state index >= 15 is 0 Å². The van der Waals surface area contributed by atoms with E-state index in [1.807, 2.05) is 0 Å². The van der Waals surface area contributed by atoms with Crippen molar-refractivity contribution in [1.29, 1.82) is 0 Å². The molecule has 0 bridgehead atoms. The van der Waals surface area contributed by atoms with Crippen LogP contribution in [0.25, 0.3) is 0 Å². The molecule has 122 valence electrons. The Hall–Kier alpha value is -2.34. The zero-order valence-corrected chi connectivity index (χ0v) is 12.7. The molecule has 7 heteroatoms. The van der Waals surface area contributed by atoms with E-state index in [9.17, 15) is 13.6 Å². The fraction of sp³-hybridized carbons (Fsp3) is 0.188. The van der Waals surface area contributed by atoms with Crippen molar-refractivity contribution < 1.29 is 23.4 Å². The topological polar surface area (TPSA) is 58.6 Å². The van der Waals surface area contributed by atoms with Gasteiger partial charge in [-0.1, -0.05) is 17.7 Å². The smallest absolute Gasteiger partial charge is 0.404 e. The molecule has 0 saturated heterocycles. The largest absolute Gasteiger partial charge is 0.490 e. The highest BCUT2D eigenvalue weighted by Crippen LogP contribution is 2.26. The van der Waals surface area contributed by atoms with Crippen molar-refractivity contribution in [2.75, 3.05) is 13.2 Å². The van der Waals surface area contributed by atoms with Gasteiger partial charge in [-0.15, -0.1) is 0 Å². The number of amides is 1. The van der Waals surface area contributed by atoms with Crippen molar-refractivity contribution in [3.8, 4) is 5.75 Å². The van der Waals surface area contributed by atoms with Gasteiger partial charge in [-0.25, -0.2) is 13.6 Å². The maximum atomic E-state index is 13.2. The van der Waals surface area contributed by atoms with Crippen LogP contribution in [-0.4, -0.2) is 24.4 Å². The zero-order valence-electron chi connectivity index (χ0n) is 12.0. The molecule has 0 atom stereocenters. The van der Waals surface area contributed by atoms with E-state index in [-0.39, 0.29) is 13.2 Å². The summed E-state index contributed by atoms with van der Waals surface area (Å²) >= 11 is 6.09. The second-order valence-electron chi connectivity index (χ2n) is 4.80. The summed E-state index contributed by atoms with van der Waals surface area (Å²) < 4.78 is 31.7. The molecule has 0 aliphatic carbocycles. The number of carboxylic acid groups (broad SMARTS) is 1. The third-order valence-corrected chi connectivity index (χ3v) is 3.26. The molecule has 0 saturated carbocycles. The number of nitrogens with one attached hydrogen (secondary N) is 1. The first-order chi connectivity index (χ1) is 10.9. The third kappa shape index (κ3) is 5.41. The standard InChI is InChI=1S/C16H14ClF2NO3/c17-14-8-10(5-11-6-12(18)9-13(19)7-11)1-2-15(14)23-4-3-20-16(21)22/h1-2,6-9,20H,3-5H2,(H,21,22). The molecular formula is C16H14ClF2NO3. The van der Waals surface area contributed by atoms with Crippen molar-refractivity contribution >= 4 is 17.7 Å². The van der Waals surface area contributed by atoms with Crippen molar-refractivity contribution in [2.24, 2.45) is 0 Å². The predicted octanol–water partition coefficient (Wildman–Crippen LogP) is 3.86. The van der Waals surface area contributed by atoms with Crippen LogP contribution in [-0.2, 0) is 6.42 Å². The molecule has 0 aromatic heterocycles. The van der Waals surface area contributed by atoms with E-state index in [4.69, 9.17) is 21.4 Å². The first-order valence-corrected chi connectivity index (χ1v) is 7.15. The van der Waals surface area contributed by atoms with Gasteiger partial charge in [0.05, 0.1) is 11.6 Å². The second-order valence-corrected chi connectivity index (χ2v) is 5.21. The summed E-state index contributed by atoms with van der Waals surface area (Å²) in [5, 5.41) is 10.9. The minimum absolute atomic E-state index is 0.135. The number of hydrogen-bond acceptors (Lipinski definition) is 2. The van der Waals surface area contributed by atoms with Gasteiger partial charge in [0, 0.05) is 6.07 Å². The van der Waals surface area contributed by atoms with Gasteiger partial charge in [-0.3, -0.25) is 0 Å². The lowest BCUT2D eigenvalue weighted by Gasteiger charge is -2.10. The molecule has 0 heterocycles. The Balaban J connectivity index is 1.99. The van der Waals surface area contributed by atoms with E-state index in [0.29, 0.717) is 22.8 Å². The molecule has 0 radical (unpaired) electrons. The number of benzene rings is 2. The van der Waals surface area contributed by atoms with Gasteiger partial charge < -0.3 is 15.2 Å². The Labute approximate surface area is 136 Å². The summed E-state index contributed by atoms with van der Waals surface area (Å²) in [5.41, 5.74) is 1.27. The molecule has 2 N–H and O–H groups in total. The molecule has 0 spiro atoms. The first-order valence-electron chi connectivity index (χ1n) is 6.77. The van der Waals surface area contributed by atoms with Gasteiger partial charge in [-0.2, -0.15) is 0 Å². The molecule has 2 aromatic carbocycles. The highest BCUT2D eigenvalue weighted by Gasteiger charge is 2.06. The fourth-order valence-corrected chi connectivity index (χ4v) is 2.30. The van der Waals surface area contributed by atoms with Gasteiger partial charge in [0.1, 0.15) is 24.0 Å². The predicted molar refractivity (Wildman–Crippen MR) is 82.1 cm³/mol. The Morgan fingerprint density at radius 1 is 1.13 bits per heavy atom. The summed E-state index contributed by atoms with van der Waals surface area (Å²) in [6, 6.07) is 8.35. The summed E-state index contributed by atoms with van der Waals surface area (Å²) in [5.74, 6) is -0.845. The summed E-state index contributed by atoms with van der Waals surface area (Å²) in [6.45, 7) is 0.274. The van der Waals surface area contributed by atoms with Crippen LogP contribution in [0.15, 0.2) is 36.4 Å². The molecular weight excluding hydrogens is 328 g/mol. The maximum Gasteiger partial charge on any atom is 0.404 e. The van der Waals surface area contributed by atoms with Crippen LogP contribution < -0.4 is 10.1 Å². The van der Waals surface area contributed by atoms with Crippen molar-refractivity contribution in [3.63, 3.8) is 0 Å². The fourth-order valence-electron chi connectivity index (χ4n) is 2.04. The van der Waals surface area contributed by atoms with Gasteiger partial charge >= 0.3 is 6.09 Å².